The van der Waals surface area contributed by atoms with E-state index in [4.69, 9.17) is 0 Å². The van der Waals surface area contributed by atoms with E-state index >= 15 is 0 Å². The molecule has 1 unspecified atom stereocenters. The van der Waals surface area contributed by atoms with Gasteiger partial charge >= 0.3 is 0 Å². The standard InChI is InChI=1S/C17H18O2/c1-16(18)15-10-6-5-7-13(15)11-12-17(16,19)14-8-3-2-4-9-14/h2-10,18-19H,11-12H2,1H3/t16-,17?/m1/s1. The molecule has 0 saturated heterocycles. The summed E-state index contributed by atoms with van der Waals surface area (Å²) in [6, 6.07) is 17.3. The minimum atomic E-state index is -1.27. The lowest BCUT2D eigenvalue weighted by atomic mass is 9.66. The Hall–Kier alpha value is -1.64. The molecule has 2 atom stereocenters. The van der Waals surface area contributed by atoms with Crippen molar-refractivity contribution in [3.05, 3.63) is 71.3 Å². The smallest absolute Gasteiger partial charge is 0.122 e. The molecule has 0 fully saturated rings. The van der Waals surface area contributed by atoms with Gasteiger partial charge in [-0.25, -0.2) is 0 Å². The molecule has 0 bridgehead atoms. The van der Waals surface area contributed by atoms with Crippen molar-refractivity contribution >= 4 is 0 Å². The fraction of sp³-hybridized carbons (Fsp3) is 0.294. The topological polar surface area (TPSA) is 40.5 Å². The molecule has 0 spiro atoms. The molecular formula is C17H18O2. The molecule has 19 heavy (non-hydrogen) atoms. The Morgan fingerprint density at radius 2 is 1.53 bits per heavy atom. The van der Waals surface area contributed by atoms with E-state index in [2.05, 4.69) is 0 Å². The Balaban J connectivity index is 2.16. The maximum Gasteiger partial charge on any atom is 0.122 e. The van der Waals surface area contributed by atoms with Crippen molar-refractivity contribution in [3.63, 3.8) is 0 Å². The van der Waals surface area contributed by atoms with Gasteiger partial charge in [0.15, 0.2) is 0 Å². The normalized spacial score (nSPS) is 29.8. The van der Waals surface area contributed by atoms with Gasteiger partial charge in [0.2, 0.25) is 0 Å². The molecule has 0 aliphatic heterocycles. The van der Waals surface area contributed by atoms with Gasteiger partial charge in [-0.3, -0.25) is 0 Å². The molecule has 2 heteroatoms. The summed E-state index contributed by atoms with van der Waals surface area (Å²) in [6.07, 6.45) is 1.30. The second kappa shape index (κ2) is 4.19. The van der Waals surface area contributed by atoms with E-state index in [1.807, 2.05) is 54.6 Å². The lowest BCUT2D eigenvalue weighted by Gasteiger charge is -2.46. The monoisotopic (exact) mass is 254 g/mol. The van der Waals surface area contributed by atoms with Crippen LogP contribution in [-0.2, 0) is 17.6 Å². The highest BCUT2D eigenvalue weighted by Crippen LogP contribution is 2.48. The number of aryl methyl sites for hydroxylation is 1. The molecule has 2 aromatic carbocycles. The Bertz CT molecular complexity index is 589. The van der Waals surface area contributed by atoms with Gasteiger partial charge in [-0.15, -0.1) is 0 Å². The van der Waals surface area contributed by atoms with E-state index in [0.29, 0.717) is 6.42 Å². The molecule has 3 rings (SSSR count). The highest BCUT2D eigenvalue weighted by atomic mass is 16.4. The molecule has 98 valence electrons. The Morgan fingerprint density at radius 1 is 0.895 bits per heavy atom. The maximum atomic E-state index is 11.1. The number of hydrogen-bond donors (Lipinski definition) is 2. The predicted molar refractivity (Wildman–Crippen MR) is 74.7 cm³/mol. The van der Waals surface area contributed by atoms with Gasteiger partial charge in [0.1, 0.15) is 11.2 Å². The zero-order chi connectivity index (χ0) is 13.5. The summed E-state index contributed by atoms with van der Waals surface area (Å²) in [5.74, 6) is 0. The van der Waals surface area contributed by atoms with Crippen LogP contribution in [0.1, 0.15) is 30.0 Å². The van der Waals surface area contributed by atoms with Crippen molar-refractivity contribution < 1.29 is 10.2 Å². The average Bonchev–Trinajstić information content (AvgIpc) is 2.45. The zero-order valence-electron chi connectivity index (χ0n) is 11.0. The van der Waals surface area contributed by atoms with Crippen LogP contribution < -0.4 is 0 Å². The molecule has 2 N–H and O–H groups in total. The van der Waals surface area contributed by atoms with Crippen molar-refractivity contribution in [2.45, 2.75) is 31.0 Å². The largest absolute Gasteiger partial charge is 0.382 e. The molecular weight excluding hydrogens is 236 g/mol. The quantitative estimate of drug-likeness (QED) is 0.821. The van der Waals surface area contributed by atoms with E-state index in [9.17, 15) is 10.2 Å². The van der Waals surface area contributed by atoms with Crippen molar-refractivity contribution in [2.24, 2.45) is 0 Å². The van der Waals surface area contributed by atoms with Gasteiger partial charge in [-0.05, 0) is 36.5 Å². The van der Waals surface area contributed by atoms with Gasteiger partial charge in [-0.2, -0.15) is 0 Å². The summed E-state index contributed by atoms with van der Waals surface area (Å²) < 4.78 is 0. The molecule has 0 aromatic heterocycles. The zero-order valence-corrected chi connectivity index (χ0v) is 11.0. The van der Waals surface area contributed by atoms with E-state index in [1.165, 1.54) is 0 Å². The second-order valence-corrected chi connectivity index (χ2v) is 5.46. The van der Waals surface area contributed by atoms with Crippen LogP contribution in [0.5, 0.6) is 0 Å². The maximum absolute atomic E-state index is 11.1. The number of aliphatic hydroxyl groups is 2. The van der Waals surface area contributed by atoms with Gasteiger partial charge in [-0.1, -0.05) is 54.6 Å². The fourth-order valence-corrected chi connectivity index (χ4v) is 3.13. The lowest BCUT2D eigenvalue weighted by Crippen LogP contribution is -2.50. The molecule has 0 saturated carbocycles. The summed E-state index contributed by atoms with van der Waals surface area (Å²) in [5, 5.41) is 22.0. The molecule has 2 aromatic rings. The van der Waals surface area contributed by atoms with Crippen molar-refractivity contribution in [2.75, 3.05) is 0 Å². The van der Waals surface area contributed by atoms with Crippen LogP contribution in [0.2, 0.25) is 0 Å². The lowest BCUT2D eigenvalue weighted by molar-refractivity contribution is -0.165. The first-order valence-corrected chi connectivity index (χ1v) is 6.64. The molecule has 2 nitrogen and oxygen atoms in total. The number of rotatable bonds is 1. The van der Waals surface area contributed by atoms with Crippen LogP contribution in [0.3, 0.4) is 0 Å². The van der Waals surface area contributed by atoms with Crippen molar-refractivity contribution in [1.82, 2.24) is 0 Å². The van der Waals surface area contributed by atoms with E-state index in [-0.39, 0.29) is 0 Å². The molecule has 1 aliphatic rings. The first kappa shape index (κ1) is 12.4. The molecule has 0 heterocycles. The summed E-state index contributed by atoms with van der Waals surface area (Å²) in [6.45, 7) is 1.71. The molecule has 0 amide bonds. The van der Waals surface area contributed by atoms with Crippen LogP contribution in [0.15, 0.2) is 54.6 Å². The third-order valence-electron chi connectivity index (χ3n) is 4.35. The van der Waals surface area contributed by atoms with Gasteiger partial charge < -0.3 is 10.2 Å². The summed E-state index contributed by atoms with van der Waals surface area (Å²) >= 11 is 0. The number of hydrogen-bond acceptors (Lipinski definition) is 2. The Kier molecular flexibility index (Phi) is 2.73. The van der Waals surface area contributed by atoms with E-state index < -0.39 is 11.2 Å². The SMILES string of the molecule is C[C@@]1(O)c2ccccc2CCC1(O)c1ccccc1. The van der Waals surface area contributed by atoms with E-state index in [1.54, 1.807) is 6.92 Å². The average molecular weight is 254 g/mol. The predicted octanol–water partition coefficient (Wildman–Crippen LogP) is 2.73. The summed E-state index contributed by atoms with van der Waals surface area (Å²) in [4.78, 5) is 0. The van der Waals surface area contributed by atoms with Gasteiger partial charge in [0.05, 0.1) is 0 Å². The van der Waals surface area contributed by atoms with Crippen molar-refractivity contribution in [1.29, 1.82) is 0 Å². The molecule has 0 radical (unpaired) electrons. The van der Waals surface area contributed by atoms with E-state index in [0.717, 1.165) is 23.1 Å². The van der Waals surface area contributed by atoms with Gasteiger partial charge in [0.25, 0.3) is 0 Å². The third-order valence-corrected chi connectivity index (χ3v) is 4.35. The fourth-order valence-electron chi connectivity index (χ4n) is 3.13. The Morgan fingerprint density at radius 3 is 2.26 bits per heavy atom. The van der Waals surface area contributed by atoms with Crippen LogP contribution >= 0.6 is 0 Å². The first-order chi connectivity index (χ1) is 9.06. The third kappa shape index (κ3) is 1.71. The van der Waals surface area contributed by atoms with Crippen LogP contribution in [0.4, 0.5) is 0 Å². The first-order valence-electron chi connectivity index (χ1n) is 6.64. The minimum Gasteiger partial charge on any atom is -0.382 e. The highest BCUT2D eigenvalue weighted by Gasteiger charge is 2.51. The minimum absolute atomic E-state index is 0.529. The Labute approximate surface area is 113 Å². The summed E-state index contributed by atoms with van der Waals surface area (Å²) in [7, 11) is 0. The van der Waals surface area contributed by atoms with Crippen LogP contribution in [0.25, 0.3) is 0 Å². The molecule has 1 aliphatic carbocycles. The van der Waals surface area contributed by atoms with Crippen molar-refractivity contribution in [3.8, 4) is 0 Å². The summed E-state index contributed by atoms with van der Waals surface area (Å²) in [5.41, 5.74) is 0.210. The highest BCUT2D eigenvalue weighted by molar-refractivity contribution is 5.41. The number of fused-ring (bicyclic) bond motifs is 1. The second-order valence-electron chi connectivity index (χ2n) is 5.46. The number of benzene rings is 2. The van der Waals surface area contributed by atoms with Crippen LogP contribution in [-0.4, -0.2) is 10.2 Å². The van der Waals surface area contributed by atoms with Crippen LogP contribution in [0, 0.1) is 0 Å². The van der Waals surface area contributed by atoms with Gasteiger partial charge in [0, 0.05) is 0 Å².